The van der Waals surface area contributed by atoms with Crippen LogP contribution in [-0.2, 0) is 0 Å². The average Bonchev–Trinajstić information content (AvgIpc) is 2.25. The van der Waals surface area contributed by atoms with Gasteiger partial charge in [-0.05, 0) is 37.1 Å². The Kier molecular flexibility index (Phi) is 3.87. The Morgan fingerprint density at radius 3 is 2.72 bits per heavy atom. The van der Waals surface area contributed by atoms with Crippen LogP contribution in [0.3, 0.4) is 0 Å². The van der Waals surface area contributed by atoms with Crippen LogP contribution >= 0.6 is 0 Å². The van der Waals surface area contributed by atoms with Crippen LogP contribution in [0.1, 0.15) is 29.3 Å². The van der Waals surface area contributed by atoms with Crippen LogP contribution in [0.5, 0.6) is 5.75 Å². The van der Waals surface area contributed by atoms with E-state index in [9.17, 15) is 9.90 Å². The highest BCUT2D eigenvalue weighted by atomic mass is 16.3. The van der Waals surface area contributed by atoms with E-state index in [0.29, 0.717) is 11.6 Å². The number of carbonyl (C=O) groups is 1. The maximum absolute atomic E-state index is 12.5. The molecule has 1 aliphatic heterocycles. The maximum atomic E-state index is 12.5. The maximum Gasteiger partial charge on any atom is 0.254 e. The summed E-state index contributed by atoms with van der Waals surface area (Å²) >= 11 is 0. The van der Waals surface area contributed by atoms with Gasteiger partial charge in [0.2, 0.25) is 0 Å². The van der Waals surface area contributed by atoms with E-state index in [1.807, 2.05) is 11.8 Å². The Labute approximate surface area is 108 Å². The van der Waals surface area contributed by atoms with Crippen molar-refractivity contribution in [3.05, 3.63) is 29.3 Å². The molecule has 4 heteroatoms. The summed E-state index contributed by atoms with van der Waals surface area (Å²) in [5.41, 5.74) is 1.52. The summed E-state index contributed by atoms with van der Waals surface area (Å²) in [7, 11) is 0. The molecule has 0 radical (unpaired) electrons. The molecule has 18 heavy (non-hydrogen) atoms. The molecule has 0 saturated carbocycles. The summed E-state index contributed by atoms with van der Waals surface area (Å²) in [5, 5.41) is 12.6. The van der Waals surface area contributed by atoms with Crippen molar-refractivity contribution in [3.63, 3.8) is 0 Å². The number of hydrogen-bond donors (Lipinski definition) is 2. The number of hydrogen-bond acceptors (Lipinski definition) is 3. The smallest absolute Gasteiger partial charge is 0.254 e. The first kappa shape index (κ1) is 12.9. The molecule has 1 aromatic carbocycles. The highest BCUT2D eigenvalue weighted by molar-refractivity contribution is 5.96. The normalized spacial score (nSPS) is 15.2. The number of carbonyl (C=O) groups excluding carboxylic acids is 1. The SMILES string of the molecule is CCCN(C(=O)c1ccc(O)cc1C)C1CNC1. The van der Waals surface area contributed by atoms with E-state index in [1.54, 1.807) is 18.2 Å². The zero-order chi connectivity index (χ0) is 13.1. The second-order valence-corrected chi connectivity index (χ2v) is 4.81. The summed E-state index contributed by atoms with van der Waals surface area (Å²) in [5.74, 6) is 0.275. The van der Waals surface area contributed by atoms with Gasteiger partial charge >= 0.3 is 0 Å². The fourth-order valence-corrected chi connectivity index (χ4v) is 2.23. The predicted octanol–water partition coefficient (Wildman–Crippen LogP) is 1.52. The summed E-state index contributed by atoms with van der Waals surface area (Å²) in [6.07, 6.45) is 0.958. The van der Waals surface area contributed by atoms with Crippen molar-refractivity contribution in [2.45, 2.75) is 26.3 Å². The Morgan fingerprint density at radius 2 is 2.22 bits per heavy atom. The van der Waals surface area contributed by atoms with Crippen molar-refractivity contribution in [2.75, 3.05) is 19.6 Å². The van der Waals surface area contributed by atoms with Gasteiger partial charge in [-0.15, -0.1) is 0 Å². The van der Waals surface area contributed by atoms with E-state index in [1.165, 1.54) is 0 Å². The molecule has 1 aliphatic rings. The monoisotopic (exact) mass is 248 g/mol. The van der Waals surface area contributed by atoms with Crippen LogP contribution in [0.4, 0.5) is 0 Å². The molecule has 0 aliphatic carbocycles. The molecule has 1 fully saturated rings. The molecule has 0 bridgehead atoms. The van der Waals surface area contributed by atoms with Gasteiger partial charge < -0.3 is 15.3 Å². The first-order valence-electron chi connectivity index (χ1n) is 6.44. The molecule has 0 aromatic heterocycles. The van der Waals surface area contributed by atoms with E-state index >= 15 is 0 Å². The lowest BCUT2D eigenvalue weighted by molar-refractivity contribution is 0.0615. The minimum absolute atomic E-state index is 0.0702. The number of nitrogens with zero attached hydrogens (tertiary/aromatic N) is 1. The highest BCUT2D eigenvalue weighted by Crippen LogP contribution is 2.19. The molecule has 2 N–H and O–H groups in total. The van der Waals surface area contributed by atoms with Crippen LogP contribution < -0.4 is 5.32 Å². The lowest BCUT2D eigenvalue weighted by Crippen LogP contribution is -2.59. The zero-order valence-electron chi connectivity index (χ0n) is 10.9. The Balaban J connectivity index is 2.21. The van der Waals surface area contributed by atoms with Gasteiger partial charge in [0.05, 0.1) is 6.04 Å². The van der Waals surface area contributed by atoms with E-state index in [-0.39, 0.29) is 11.7 Å². The Bertz CT molecular complexity index is 441. The number of benzene rings is 1. The Morgan fingerprint density at radius 1 is 1.50 bits per heavy atom. The van der Waals surface area contributed by atoms with Gasteiger partial charge in [0.15, 0.2) is 0 Å². The van der Waals surface area contributed by atoms with Crippen molar-refractivity contribution in [2.24, 2.45) is 0 Å². The van der Waals surface area contributed by atoms with Gasteiger partial charge in [-0.1, -0.05) is 6.92 Å². The van der Waals surface area contributed by atoms with Gasteiger partial charge in [-0.2, -0.15) is 0 Å². The quantitative estimate of drug-likeness (QED) is 0.849. The molecule has 1 aromatic rings. The van der Waals surface area contributed by atoms with Crippen molar-refractivity contribution in [1.82, 2.24) is 10.2 Å². The van der Waals surface area contributed by atoms with Crippen molar-refractivity contribution >= 4 is 5.91 Å². The first-order chi connectivity index (χ1) is 8.63. The summed E-state index contributed by atoms with van der Waals surface area (Å²) in [6.45, 7) is 6.48. The average molecular weight is 248 g/mol. The zero-order valence-corrected chi connectivity index (χ0v) is 10.9. The predicted molar refractivity (Wildman–Crippen MR) is 70.8 cm³/mol. The van der Waals surface area contributed by atoms with Crippen LogP contribution in [0, 0.1) is 6.92 Å². The fraction of sp³-hybridized carbons (Fsp3) is 0.500. The van der Waals surface area contributed by atoms with E-state index in [0.717, 1.165) is 31.6 Å². The van der Waals surface area contributed by atoms with Crippen LogP contribution in [0.15, 0.2) is 18.2 Å². The van der Waals surface area contributed by atoms with Gasteiger partial charge in [0.25, 0.3) is 5.91 Å². The number of amides is 1. The molecular weight excluding hydrogens is 228 g/mol. The number of phenolic OH excluding ortho intramolecular Hbond substituents is 1. The van der Waals surface area contributed by atoms with Crippen molar-refractivity contribution in [3.8, 4) is 5.75 Å². The van der Waals surface area contributed by atoms with Gasteiger partial charge in [-0.25, -0.2) is 0 Å². The first-order valence-corrected chi connectivity index (χ1v) is 6.44. The number of phenols is 1. The topological polar surface area (TPSA) is 52.6 Å². The van der Waals surface area contributed by atoms with Crippen LogP contribution in [0.2, 0.25) is 0 Å². The summed E-state index contributed by atoms with van der Waals surface area (Å²) < 4.78 is 0. The molecule has 4 nitrogen and oxygen atoms in total. The van der Waals surface area contributed by atoms with Gasteiger partial charge in [-0.3, -0.25) is 4.79 Å². The summed E-state index contributed by atoms with van der Waals surface area (Å²) in [6, 6.07) is 5.23. The lowest BCUT2D eigenvalue weighted by atomic mass is 10.0. The molecule has 0 atom stereocenters. The standard InChI is InChI=1S/C14H20N2O2/c1-3-6-16(11-8-15-9-11)14(18)13-5-4-12(17)7-10(13)2/h4-5,7,11,15,17H,3,6,8-9H2,1-2H3. The third-order valence-corrected chi connectivity index (χ3v) is 3.37. The molecule has 0 spiro atoms. The molecule has 2 rings (SSSR count). The molecule has 0 unspecified atom stereocenters. The molecule has 1 amide bonds. The number of aryl methyl sites for hydroxylation is 1. The second-order valence-electron chi connectivity index (χ2n) is 4.81. The van der Waals surface area contributed by atoms with E-state index in [4.69, 9.17) is 0 Å². The highest BCUT2D eigenvalue weighted by Gasteiger charge is 2.29. The van der Waals surface area contributed by atoms with E-state index in [2.05, 4.69) is 12.2 Å². The second kappa shape index (κ2) is 5.40. The third kappa shape index (κ3) is 2.48. The lowest BCUT2D eigenvalue weighted by Gasteiger charge is -2.38. The Hall–Kier alpha value is -1.55. The fourth-order valence-electron chi connectivity index (χ4n) is 2.23. The number of aromatic hydroxyl groups is 1. The van der Waals surface area contributed by atoms with Gasteiger partial charge in [0, 0.05) is 25.2 Å². The number of rotatable bonds is 4. The molecule has 1 heterocycles. The number of nitrogens with one attached hydrogen (secondary N) is 1. The molecule has 1 saturated heterocycles. The van der Waals surface area contributed by atoms with E-state index < -0.39 is 0 Å². The largest absolute Gasteiger partial charge is 0.508 e. The van der Waals surface area contributed by atoms with Crippen LogP contribution in [0.25, 0.3) is 0 Å². The summed E-state index contributed by atoms with van der Waals surface area (Å²) in [4.78, 5) is 14.5. The van der Waals surface area contributed by atoms with Crippen molar-refractivity contribution < 1.29 is 9.90 Å². The molecular formula is C14H20N2O2. The third-order valence-electron chi connectivity index (χ3n) is 3.37. The van der Waals surface area contributed by atoms with Crippen molar-refractivity contribution in [1.29, 1.82) is 0 Å². The van der Waals surface area contributed by atoms with Gasteiger partial charge in [0.1, 0.15) is 5.75 Å². The van der Waals surface area contributed by atoms with Crippen LogP contribution in [-0.4, -0.2) is 41.6 Å². The molecule has 98 valence electrons. The minimum atomic E-state index is 0.0702. The minimum Gasteiger partial charge on any atom is -0.508 e.